The van der Waals surface area contributed by atoms with Gasteiger partial charge in [0.25, 0.3) is 0 Å². The molecule has 1 heterocycles. The molecule has 22 heavy (non-hydrogen) atoms. The van der Waals surface area contributed by atoms with Crippen molar-refractivity contribution in [3.05, 3.63) is 30.0 Å². The number of hydrogen-bond acceptors (Lipinski definition) is 3. The van der Waals surface area contributed by atoms with E-state index in [4.69, 9.17) is 9.47 Å². The Labute approximate surface area is 131 Å². The second-order valence-corrected chi connectivity index (χ2v) is 6.48. The van der Waals surface area contributed by atoms with Crippen molar-refractivity contribution in [2.45, 2.75) is 45.8 Å². The van der Waals surface area contributed by atoms with Crippen LogP contribution in [0.5, 0.6) is 5.75 Å². The average molecular weight is 304 g/mol. The monoisotopic (exact) mass is 304 g/mol. The third kappa shape index (κ3) is 4.16. The minimum Gasteiger partial charge on any atom is -0.497 e. The highest BCUT2D eigenvalue weighted by molar-refractivity contribution is 5.84. The molecule has 2 N–H and O–H groups in total. The van der Waals surface area contributed by atoms with Crippen LogP contribution < -0.4 is 10.1 Å². The average Bonchev–Trinajstić information content (AvgIpc) is 2.78. The Morgan fingerprint density at radius 3 is 2.73 bits per heavy atom. The lowest BCUT2D eigenvalue weighted by molar-refractivity contribution is 0.0508. The largest absolute Gasteiger partial charge is 0.497 e. The molecule has 1 amide bonds. The molecule has 1 atom stereocenters. The minimum atomic E-state index is -0.488. The van der Waals surface area contributed by atoms with Crippen LogP contribution in [0.1, 0.15) is 33.3 Å². The summed E-state index contributed by atoms with van der Waals surface area (Å²) >= 11 is 0. The number of nitrogens with one attached hydrogen (secondary N) is 2. The van der Waals surface area contributed by atoms with E-state index in [1.165, 1.54) is 0 Å². The molecule has 0 spiro atoms. The van der Waals surface area contributed by atoms with E-state index in [0.29, 0.717) is 6.42 Å². The molecule has 0 aliphatic heterocycles. The number of aromatic nitrogens is 1. The van der Waals surface area contributed by atoms with E-state index in [1.54, 1.807) is 7.11 Å². The van der Waals surface area contributed by atoms with Crippen molar-refractivity contribution in [2.75, 3.05) is 7.11 Å². The third-order valence-corrected chi connectivity index (χ3v) is 3.26. The fourth-order valence-electron chi connectivity index (χ4n) is 2.34. The molecule has 0 unspecified atom stereocenters. The van der Waals surface area contributed by atoms with Gasteiger partial charge in [-0.15, -0.1) is 0 Å². The molecule has 0 fully saturated rings. The second kappa shape index (κ2) is 6.30. The molecular weight excluding hydrogens is 280 g/mol. The predicted octanol–water partition coefficient (Wildman–Crippen LogP) is 3.63. The first kappa shape index (κ1) is 16.2. The van der Waals surface area contributed by atoms with Crippen LogP contribution in [-0.4, -0.2) is 29.8 Å². The van der Waals surface area contributed by atoms with E-state index >= 15 is 0 Å². The van der Waals surface area contributed by atoms with Gasteiger partial charge in [-0.1, -0.05) is 0 Å². The summed E-state index contributed by atoms with van der Waals surface area (Å²) in [7, 11) is 1.65. The van der Waals surface area contributed by atoms with Gasteiger partial charge in [-0.05, 0) is 57.9 Å². The molecule has 5 heteroatoms. The summed E-state index contributed by atoms with van der Waals surface area (Å²) in [4.78, 5) is 15.0. The van der Waals surface area contributed by atoms with E-state index in [0.717, 1.165) is 22.2 Å². The number of carbonyl (C=O) groups excluding carboxylic acids is 1. The number of hydrogen-bond donors (Lipinski definition) is 2. The van der Waals surface area contributed by atoms with E-state index in [-0.39, 0.29) is 6.04 Å². The molecule has 1 aromatic carbocycles. The maximum atomic E-state index is 11.8. The molecule has 0 saturated heterocycles. The van der Waals surface area contributed by atoms with Crippen LogP contribution in [0.25, 0.3) is 10.9 Å². The van der Waals surface area contributed by atoms with Crippen molar-refractivity contribution >= 4 is 17.0 Å². The first-order chi connectivity index (χ1) is 10.3. The van der Waals surface area contributed by atoms with Gasteiger partial charge >= 0.3 is 6.09 Å². The summed E-state index contributed by atoms with van der Waals surface area (Å²) in [5.41, 5.74) is 1.70. The Morgan fingerprint density at radius 1 is 1.36 bits per heavy atom. The van der Waals surface area contributed by atoms with Gasteiger partial charge in [0, 0.05) is 23.1 Å². The minimum absolute atomic E-state index is 0.0277. The normalized spacial score (nSPS) is 13.0. The Hall–Kier alpha value is -2.17. The maximum Gasteiger partial charge on any atom is 0.407 e. The second-order valence-electron chi connectivity index (χ2n) is 6.48. The van der Waals surface area contributed by atoms with E-state index in [1.807, 2.05) is 52.1 Å². The number of amides is 1. The van der Waals surface area contributed by atoms with E-state index < -0.39 is 11.7 Å². The van der Waals surface area contributed by atoms with Crippen LogP contribution in [0.15, 0.2) is 24.4 Å². The highest BCUT2D eigenvalue weighted by Gasteiger charge is 2.18. The molecule has 2 aromatic rings. The summed E-state index contributed by atoms with van der Waals surface area (Å²) in [6, 6.07) is 5.88. The number of aromatic amines is 1. The Balaban J connectivity index is 2.05. The summed E-state index contributed by atoms with van der Waals surface area (Å²) < 4.78 is 10.5. The number of carbonyl (C=O) groups is 1. The van der Waals surface area contributed by atoms with Gasteiger partial charge in [0.05, 0.1) is 7.11 Å². The molecule has 0 bridgehead atoms. The molecule has 0 radical (unpaired) electrons. The molecule has 5 nitrogen and oxygen atoms in total. The van der Waals surface area contributed by atoms with Crippen molar-refractivity contribution in [1.29, 1.82) is 0 Å². The van der Waals surface area contributed by atoms with Gasteiger partial charge in [0.1, 0.15) is 11.4 Å². The molecule has 120 valence electrons. The quantitative estimate of drug-likeness (QED) is 0.906. The van der Waals surface area contributed by atoms with Gasteiger partial charge < -0.3 is 19.8 Å². The highest BCUT2D eigenvalue weighted by Crippen LogP contribution is 2.24. The molecule has 0 aliphatic carbocycles. The Kier molecular flexibility index (Phi) is 4.64. The van der Waals surface area contributed by atoms with Crippen LogP contribution in [0.3, 0.4) is 0 Å². The smallest absolute Gasteiger partial charge is 0.407 e. The number of fused-ring (bicyclic) bond motifs is 1. The fourth-order valence-corrected chi connectivity index (χ4v) is 2.34. The zero-order valence-corrected chi connectivity index (χ0v) is 13.8. The van der Waals surface area contributed by atoms with Crippen LogP contribution in [-0.2, 0) is 11.2 Å². The summed E-state index contributed by atoms with van der Waals surface area (Å²) in [5, 5.41) is 3.97. The lowest BCUT2D eigenvalue weighted by Gasteiger charge is -2.21. The maximum absolute atomic E-state index is 11.8. The number of H-pyrrole nitrogens is 1. The van der Waals surface area contributed by atoms with Gasteiger partial charge in [-0.2, -0.15) is 0 Å². The van der Waals surface area contributed by atoms with Gasteiger partial charge in [-0.25, -0.2) is 4.79 Å². The van der Waals surface area contributed by atoms with E-state index in [2.05, 4.69) is 10.3 Å². The van der Waals surface area contributed by atoms with E-state index in [9.17, 15) is 4.79 Å². The zero-order valence-electron chi connectivity index (χ0n) is 13.8. The Bertz CT molecular complexity index is 655. The van der Waals surface area contributed by atoms with Crippen LogP contribution in [0.4, 0.5) is 4.79 Å². The SMILES string of the molecule is COc1ccc2[nH]cc(C[C@@H](C)NC(=O)OC(C)(C)C)c2c1. The number of alkyl carbamates (subject to hydrolysis) is 1. The standard InChI is InChI=1S/C17H24N2O3/c1-11(19-16(20)22-17(2,3)4)8-12-10-18-15-7-6-13(21-5)9-14(12)15/h6-7,9-11,18H,8H2,1-5H3,(H,19,20)/t11-/m1/s1. The van der Waals surface area contributed by atoms with Crippen molar-refractivity contribution < 1.29 is 14.3 Å². The first-order valence-corrected chi connectivity index (χ1v) is 7.42. The highest BCUT2D eigenvalue weighted by atomic mass is 16.6. The van der Waals surface area contributed by atoms with Crippen molar-refractivity contribution in [2.24, 2.45) is 0 Å². The summed E-state index contributed by atoms with van der Waals surface area (Å²) in [6.45, 7) is 7.51. The first-order valence-electron chi connectivity index (χ1n) is 7.42. The predicted molar refractivity (Wildman–Crippen MR) is 87.4 cm³/mol. The zero-order chi connectivity index (χ0) is 16.3. The summed E-state index contributed by atoms with van der Waals surface area (Å²) in [6.07, 6.45) is 2.29. The van der Waals surface area contributed by atoms with Crippen LogP contribution in [0, 0.1) is 0 Å². The van der Waals surface area contributed by atoms with Crippen LogP contribution in [0.2, 0.25) is 0 Å². The molecular formula is C17H24N2O3. The van der Waals surface area contributed by atoms with Gasteiger partial charge in [0.2, 0.25) is 0 Å². The number of methoxy groups -OCH3 is 1. The third-order valence-electron chi connectivity index (χ3n) is 3.26. The molecule has 0 aliphatic rings. The molecule has 0 saturated carbocycles. The van der Waals surface area contributed by atoms with Gasteiger partial charge in [0.15, 0.2) is 0 Å². The Morgan fingerprint density at radius 2 is 2.09 bits per heavy atom. The molecule has 2 rings (SSSR count). The van der Waals surface area contributed by atoms with Crippen molar-refractivity contribution in [3.63, 3.8) is 0 Å². The lowest BCUT2D eigenvalue weighted by Crippen LogP contribution is -2.38. The number of benzene rings is 1. The lowest BCUT2D eigenvalue weighted by atomic mass is 10.1. The van der Waals surface area contributed by atoms with Crippen molar-refractivity contribution in [1.82, 2.24) is 10.3 Å². The summed E-state index contributed by atoms with van der Waals surface area (Å²) in [5.74, 6) is 0.820. The van der Waals surface area contributed by atoms with Crippen molar-refractivity contribution in [3.8, 4) is 5.75 Å². The topological polar surface area (TPSA) is 63.3 Å². The fraction of sp³-hybridized carbons (Fsp3) is 0.471. The number of ether oxygens (including phenoxy) is 2. The van der Waals surface area contributed by atoms with Gasteiger partial charge in [-0.3, -0.25) is 0 Å². The number of rotatable bonds is 4. The van der Waals surface area contributed by atoms with Crippen LogP contribution >= 0.6 is 0 Å². The molecule has 1 aromatic heterocycles.